The number of hydrogen-bond donors (Lipinski definition) is 1. The highest BCUT2D eigenvalue weighted by Gasteiger charge is 2.26. The summed E-state index contributed by atoms with van der Waals surface area (Å²) in [4.78, 5) is 39.5. The number of rotatable bonds is 7. The van der Waals surface area contributed by atoms with Crippen LogP contribution in [0.4, 0.5) is 10.1 Å². The van der Waals surface area contributed by atoms with Gasteiger partial charge in [-0.2, -0.15) is 0 Å². The number of esters is 1. The van der Waals surface area contributed by atoms with Crippen LogP contribution in [0.15, 0.2) is 53.4 Å². The number of anilines is 1. The van der Waals surface area contributed by atoms with Gasteiger partial charge in [-0.3, -0.25) is 9.59 Å². The number of ether oxygens (including phenoxy) is 2. The smallest absolute Gasteiger partial charge is 0.340 e. The molecule has 0 aromatic heterocycles. The Kier molecular flexibility index (Phi) is 8.02. The van der Waals surface area contributed by atoms with Gasteiger partial charge in [0.25, 0.3) is 5.91 Å². The second-order valence-corrected chi connectivity index (χ2v) is 7.84. The van der Waals surface area contributed by atoms with E-state index >= 15 is 0 Å². The van der Waals surface area contributed by atoms with E-state index in [0.29, 0.717) is 36.9 Å². The minimum absolute atomic E-state index is 0.0456. The quantitative estimate of drug-likeness (QED) is 0.520. The van der Waals surface area contributed by atoms with Crippen molar-refractivity contribution in [2.75, 3.05) is 37.4 Å². The highest BCUT2D eigenvalue weighted by molar-refractivity contribution is 8.00. The molecular formula is C22H23FN2O5S. The molecule has 9 heteroatoms. The molecule has 3 rings (SSSR count). The van der Waals surface area contributed by atoms with Gasteiger partial charge in [0.15, 0.2) is 6.10 Å². The Labute approximate surface area is 183 Å². The number of hydrogen-bond acceptors (Lipinski definition) is 6. The molecule has 1 aliphatic heterocycles. The van der Waals surface area contributed by atoms with E-state index in [1.807, 2.05) is 0 Å². The highest BCUT2D eigenvalue weighted by atomic mass is 32.2. The molecule has 2 aromatic carbocycles. The van der Waals surface area contributed by atoms with Crippen molar-refractivity contribution < 1.29 is 28.2 Å². The zero-order valence-corrected chi connectivity index (χ0v) is 17.8. The van der Waals surface area contributed by atoms with E-state index in [9.17, 15) is 18.8 Å². The minimum Gasteiger partial charge on any atom is -0.449 e. The van der Waals surface area contributed by atoms with Crippen LogP contribution in [-0.4, -0.2) is 60.8 Å². The molecule has 1 heterocycles. The number of nitrogens with zero attached hydrogens (tertiary/aromatic N) is 1. The van der Waals surface area contributed by atoms with Gasteiger partial charge in [-0.15, -0.1) is 11.8 Å². The van der Waals surface area contributed by atoms with Gasteiger partial charge < -0.3 is 19.7 Å². The van der Waals surface area contributed by atoms with Gasteiger partial charge in [0.1, 0.15) is 5.82 Å². The first kappa shape index (κ1) is 22.8. The molecule has 1 aliphatic rings. The fourth-order valence-corrected chi connectivity index (χ4v) is 3.79. The Morgan fingerprint density at radius 1 is 1.13 bits per heavy atom. The molecule has 7 nitrogen and oxygen atoms in total. The summed E-state index contributed by atoms with van der Waals surface area (Å²) in [5.74, 6) is -1.53. The molecular weight excluding hydrogens is 423 g/mol. The predicted octanol–water partition coefficient (Wildman–Crippen LogP) is 2.96. The summed E-state index contributed by atoms with van der Waals surface area (Å²) in [6.45, 7) is 3.41. The van der Waals surface area contributed by atoms with Crippen molar-refractivity contribution in [3.05, 3.63) is 59.9 Å². The standard InChI is InChI=1S/C22H23FN2O5S/c1-15(21(27)25-10-12-29-13-11-25)30-22(28)18-4-2-3-5-19(18)31-14-20(26)24-17-8-6-16(23)7-9-17/h2-9,15H,10-14H2,1H3,(H,24,26). The maximum Gasteiger partial charge on any atom is 0.340 e. The molecule has 0 spiro atoms. The third-order valence-corrected chi connectivity index (χ3v) is 5.62. The van der Waals surface area contributed by atoms with Gasteiger partial charge in [-0.05, 0) is 43.3 Å². The topological polar surface area (TPSA) is 84.9 Å². The van der Waals surface area contributed by atoms with Crippen molar-refractivity contribution in [1.82, 2.24) is 4.90 Å². The Hall–Kier alpha value is -2.91. The van der Waals surface area contributed by atoms with Crippen molar-refractivity contribution in [2.24, 2.45) is 0 Å². The van der Waals surface area contributed by atoms with Crippen LogP contribution in [0.2, 0.25) is 0 Å². The van der Waals surface area contributed by atoms with Crippen molar-refractivity contribution in [2.45, 2.75) is 17.9 Å². The fourth-order valence-electron chi connectivity index (χ4n) is 2.95. The molecule has 31 heavy (non-hydrogen) atoms. The van der Waals surface area contributed by atoms with Crippen LogP contribution in [0.1, 0.15) is 17.3 Å². The summed E-state index contributed by atoms with van der Waals surface area (Å²) in [5, 5.41) is 2.67. The van der Waals surface area contributed by atoms with E-state index in [1.54, 1.807) is 36.1 Å². The van der Waals surface area contributed by atoms with Crippen LogP contribution < -0.4 is 5.32 Å². The molecule has 1 unspecified atom stereocenters. The van der Waals surface area contributed by atoms with Gasteiger partial charge in [0.2, 0.25) is 5.91 Å². The fraction of sp³-hybridized carbons (Fsp3) is 0.318. The van der Waals surface area contributed by atoms with Gasteiger partial charge in [-0.25, -0.2) is 9.18 Å². The zero-order valence-electron chi connectivity index (χ0n) is 17.0. The summed E-state index contributed by atoms with van der Waals surface area (Å²) in [6.07, 6.45) is -0.926. The van der Waals surface area contributed by atoms with Gasteiger partial charge in [0, 0.05) is 23.7 Å². The number of morpholine rings is 1. The van der Waals surface area contributed by atoms with Gasteiger partial charge in [0.05, 0.1) is 24.5 Å². The summed E-state index contributed by atoms with van der Waals surface area (Å²) in [5.41, 5.74) is 0.763. The summed E-state index contributed by atoms with van der Waals surface area (Å²) in [7, 11) is 0. The van der Waals surface area contributed by atoms with Gasteiger partial charge >= 0.3 is 5.97 Å². The van der Waals surface area contributed by atoms with Crippen molar-refractivity contribution in [3.63, 3.8) is 0 Å². The lowest BCUT2D eigenvalue weighted by Crippen LogP contribution is -2.46. The summed E-state index contributed by atoms with van der Waals surface area (Å²) in [6, 6.07) is 12.2. The summed E-state index contributed by atoms with van der Waals surface area (Å²) < 4.78 is 23.6. The maximum absolute atomic E-state index is 13.0. The van der Waals surface area contributed by atoms with E-state index in [1.165, 1.54) is 36.0 Å². The second-order valence-electron chi connectivity index (χ2n) is 6.83. The lowest BCUT2D eigenvalue weighted by Gasteiger charge is -2.29. The number of halogens is 1. The van der Waals surface area contributed by atoms with E-state index in [4.69, 9.17) is 9.47 Å². The maximum atomic E-state index is 13.0. The van der Waals surface area contributed by atoms with Crippen LogP contribution in [0, 0.1) is 5.82 Å². The molecule has 0 radical (unpaired) electrons. The molecule has 1 saturated heterocycles. The number of nitrogens with one attached hydrogen (secondary N) is 1. The van der Waals surface area contributed by atoms with Crippen molar-refractivity contribution >= 4 is 35.2 Å². The first-order chi connectivity index (χ1) is 14.9. The molecule has 164 valence electrons. The zero-order chi connectivity index (χ0) is 22.2. The molecule has 1 atom stereocenters. The van der Waals surface area contributed by atoms with Crippen LogP contribution in [0.3, 0.4) is 0 Å². The molecule has 0 aliphatic carbocycles. The Balaban J connectivity index is 1.57. The average Bonchev–Trinajstić information content (AvgIpc) is 2.79. The Morgan fingerprint density at radius 2 is 1.81 bits per heavy atom. The molecule has 2 amide bonds. The minimum atomic E-state index is -0.926. The van der Waals surface area contributed by atoms with Crippen molar-refractivity contribution in [3.8, 4) is 0 Å². The first-order valence-corrected chi connectivity index (χ1v) is 10.8. The normalized spacial score (nSPS) is 14.6. The highest BCUT2D eigenvalue weighted by Crippen LogP contribution is 2.24. The third-order valence-electron chi connectivity index (χ3n) is 4.55. The average molecular weight is 447 g/mol. The predicted molar refractivity (Wildman–Crippen MR) is 114 cm³/mol. The molecule has 1 N–H and O–H groups in total. The van der Waals surface area contributed by atoms with E-state index in [2.05, 4.69) is 5.32 Å². The van der Waals surface area contributed by atoms with E-state index in [-0.39, 0.29) is 28.9 Å². The van der Waals surface area contributed by atoms with Crippen LogP contribution >= 0.6 is 11.8 Å². The molecule has 0 bridgehead atoms. The summed E-state index contributed by atoms with van der Waals surface area (Å²) >= 11 is 1.17. The molecule has 2 aromatic rings. The van der Waals surface area contributed by atoms with Crippen molar-refractivity contribution in [1.29, 1.82) is 0 Å². The number of benzene rings is 2. The largest absolute Gasteiger partial charge is 0.449 e. The number of carbonyl (C=O) groups is 3. The Bertz CT molecular complexity index is 932. The van der Waals surface area contributed by atoms with Crippen LogP contribution in [0.25, 0.3) is 0 Å². The van der Waals surface area contributed by atoms with Gasteiger partial charge in [-0.1, -0.05) is 12.1 Å². The van der Waals surface area contributed by atoms with E-state index < -0.39 is 12.1 Å². The second kappa shape index (κ2) is 10.9. The van der Waals surface area contributed by atoms with Crippen LogP contribution in [-0.2, 0) is 19.1 Å². The lowest BCUT2D eigenvalue weighted by atomic mass is 10.2. The van der Waals surface area contributed by atoms with E-state index in [0.717, 1.165) is 0 Å². The number of thioether (sulfide) groups is 1. The number of amides is 2. The Morgan fingerprint density at radius 3 is 2.52 bits per heavy atom. The first-order valence-electron chi connectivity index (χ1n) is 9.79. The SMILES string of the molecule is CC(OC(=O)c1ccccc1SCC(=O)Nc1ccc(F)cc1)C(=O)N1CCOCC1. The monoisotopic (exact) mass is 446 g/mol. The third kappa shape index (κ3) is 6.53. The number of carbonyl (C=O) groups excluding carboxylic acids is 3. The molecule has 0 saturated carbocycles. The lowest BCUT2D eigenvalue weighted by molar-refractivity contribution is -0.143. The molecule has 1 fully saturated rings. The van der Waals surface area contributed by atoms with Crippen LogP contribution in [0.5, 0.6) is 0 Å².